The minimum absolute atomic E-state index is 0.0747. The topological polar surface area (TPSA) is 61.6 Å². The molecule has 0 radical (unpaired) electrons. The van der Waals surface area contributed by atoms with E-state index in [1.54, 1.807) is 25.3 Å². The van der Waals surface area contributed by atoms with Crippen LogP contribution in [-0.4, -0.2) is 12.9 Å². The first-order chi connectivity index (χ1) is 9.60. The summed E-state index contributed by atoms with van der Waals surface area (Å²) < 4.78 is 10.8. The monoisotopic (exact) mass is 271 g/mol. The Morgan fingerprint density at radius 3 is 2.65 bits per heavy atom. The van der Waals surface area contributed by atoms with Crippen LogP contribution < -0.4 is 15.2 Å². The van der Waals surface area contributed by atoms with Gasteiger partial charge >= 0.3 is 0 Å². The van der Waals surface area contributed by atoms with E-state index >= 15 is 0 Å². The summed E-state index contributed by atoms with van der Waals surface area (Å²) in [6.07, 6.45) is 0. The lowest BCUT2D eigenvalue weighted by molar-refractivity contribution is 0.101. The highest BCUT2D eigenvalue weighted by molar-refractivity contribution is 5.99. The van der Waals surface area contributed by atoms with Gasteiger partial charge < -0.3 is 15.2 Å². The fourth-order valence-electron chi connectivity index (χ4n) is 1.86. The van der Waals surface area contributed by atoms with Gasteiger partial charge in [0.25, 0.3) is 0 Å². The van der Waals surface area contributed by atoms with E-state index in [4.69, 9.17) is 15.2 Å². The van der Waals surface area contributed by atoms with Gasteiger partial charge in [-0.05, 0) is 42.8 Å². The number of ketones is 1. The van der Waals surface area contributed by atoms with Crippen molar-refractivity contribution in [3.05, 3.63) is 53.6 Å². The average molecular weight is 271 g/mol. The number of nitrogen functional groups attached to an aromatic ring is 1. The Labute approximate surface area is 118 Å². The van der Waals surface area contributed by atoms with Crippen LogP contribution in [0.4, 0.5) is 5.69 Å². The van der Waals surface area contributed by atoms with Crippen LogP contribution in [0.25, 0.3) is 0 Å². The van der Waals surface area contributed by atoms with Gasteiger partial charge in [-0.25, -0.2) is 0 Å². The van der Waals surface area contributed by atoms with E-state index in [0.29, 0.717) is 23.6 Å². The van der Waals surface area contributed by atoms with Crippen LogP contribution in [0.3, 0.4) is 0 Å². The maximum Gasteiger partial charge on any atom is 0.162 e. The van der Waals surface area contributed by atoms with Gasteiger partial charge in [0.2, 0.25) is 0 Å². The molecule has 0 amide bonds. The molecule has 0 aliphatic carbocycles. The summed E-state index contributed by atoms with van der Waals surface area (Å²) in [6.45, 7) is 1.88. The molecule has 4 nitrogen and oxygen atoms in total. The Morgan fingerprint density at radius 1 is 1.15 bits per heavy atom. The molecule has 4 heteroatoms. The molecule has 0 fully saturated rings. The summed E-state index contributed by atoms with van der Waals surface area (Å²) in [5.41, 5.74) is 7.68. The third kappa shape index (κ3) is 3.29. The lowest BCUT2D eigenvalue weighted by atomic mass is 10.1. The molecule has 2 aromatic rings. The van der Waals surface area contributed by atoms with Crippen molar-refractivity contribution < 1.29 is 14.3 Å². The standard InChI is InChI=1S/C16H17NO3/c1-11(18)15-9-14(6-7-16(15)17)20-10-12-4-3-5-13(8-12)19-2/h3-9H,10,17H2,1-2H3. The zero-order valence-electron chi connectivity index (χ0n) is 11.6. The summed E-state index contributed by atoms with van der Waals surface area (Å²) in [7, 11) is 1.62. The van der Waals surface area contributed by atoms with Crippen LogP contribution in [0.15, 0.2) is 42.5 Å². The number of rotatable bonds is 5. The summed E-state index contributed by atoms with van der Waals surface area (Å²) in [4.78, 5) is 11.4. The van der Waals surface area contributed by atoms with Crippen molar-refractivity contribution >= 4 is 11.5 Å². The quantitative estimate of drug-likeness (QED) is 0.670. The van der Waals surface area contributed by atoms with E-state index in [-0.39, 0.29) is 5.78 Å². The van der Waals surface area contributed by atoms with Crippen LogP contribution in [0.5, 0.6) is 11.5 Å². The number of nitrogens with two attached hydrogens (primary N) is 1. The lowest BCUT2D eigenvalue weighted by Crippen LogP contribution is -2.01. The average Bonchev–Trinajstić information content (AvgIpc) is 2.46. The molecular formula is C16H17NO3. The normalized spacial score (nSPS) is 10.1. The molecule has 0 atom stereocenters. The molecule has 20 heavy (non-hydrogen) atoms. The Hall–Kier alpha value is -2.49. The molecule has 0 aromatic heterocycles. The lowest BCUT2D eigenvalue weighted by Gasteiger charge is -2.09. The molecule has 0 aliphatic rings. The maximum absolute atomic E-state index is 11.4. The molecular weight excluding hydrogens is 254 g/mol. The molecule has 0 bridgehead atoms. The molecule has 2 rings (SSSR count). The number of ether oxygens (including phenoxy) is 2. The minimum atomic E-state index is -0.0747. The van der Waals surface area contributed by atoms with Crippen LogP contribution >= 0.6 is 0 Å². The molecule has 104 valence electrons. The van der Waals surface area contributed by atoms with Crippen LogP contribution in [0, 0.1) is 0 Å². The molecule has 0 heterocycles. The predicted molar refractivity (Wildman–Crippen MR) is 78.2 cm³/mol. The molecule has 0 saturated carbocycles. The first-order valence-electron chi connectivity index (χ1n) is 6.26. The number of anilines is 1. The maximum atomic E-state index is 11.4. The number of carbonyl (C=O) groups excluding carboxylic acids is 1. The summed E-state index contributed by atoms with van der Waals surface area (Å²) in [5, 5.41) is 0. The van der Waals surface area contributed by atoms with E-state index in [2.05, 4.69) is 0 Å². The number of Topliss-reactive ketones (excluding diaryl/α,β-unsaturated/α-hetero) is 1. The first kappa shape index (κ1) is 13.9. The van der Waals surface area contributed by atoms with Gasteiger partial charge in [-0.1, -0.05) is 12.1 Å². The molecule has 0 unspecified atom stereocenters. The third-order valence-electron chi connectivity index (χ3n) is 2.94. The van der Waals surface area contributed by atoms with E-state index in [1.165, 1.54) is 6.92 Å². The van der Waals surface area contributed by atoms with Crippen LogP contribution in [0.2, 0.25) is 0 Å². The smallest absolute Gasteiger partial charge is 0.162 e. The Bertz CT molecular complexity index is 623. The molecule has 2 N–H and O–H groups in total. The predicted octanol–water partition coefficient (Wildman–Crippen LogP) is 3.06. The van der Waals surface area contributed by atoms with Gasteiger partial charge in [-0.3, -0.25) is 4.79 Å². The van der Waals surface area contributed by atoms with Crippen molar-refractivity contribution in [2.75, 3.05) is 12.8 Å². The molecule has 0 aliphatic heterocycles. The van der Waals surface area contributed by atoms with E-state index in [1.807, 2.05) is 24.3 Å². The second-order valence-electron chi connectivity index (χ2n) is 4.45. The Kier molecular flexibility index (Phi) is 4.25. The van der Waals surface area contributed by atoms with Crippen molar-refractivity contribution in [1.82, 2.24) is 0 Å². The second-order valence-corrected chi connectivity index (χ2v) is 4.45. The Balaban J connectivity index is 2.10. The highest BCUT2D eigenvalue weighted by atomic mass is 16.5. The first-order valence-corrected chi connectivity index (χ1v) is 6.26. The number of benzene rings is 2. The largest absolute Gasteiger partial charge is 0.497 e. The summed E-state index contributed by atoms with van der Waals surface area (Å²) in [6, 6.07) is 12.7. The second kappa shape index (κ2) is 6.10. The zero-order chi connectivity index (χ0) is 14.5. The van der Waals surface area contributed by atoms with E-state index in [0.717, 1.165) is 11.3 Å². The third-order valence-corrected chi connectivity index (χ3v) is 2.94. The molecule has 2 aromatic carbocycles. The van der Waals surface area contributed by atoms with Crippen molar-refractivity contribution in [3.63, 3.8) is 0 Å². The van der Waals surface area contributed by atoms with Crippen LogP contribution in [0.1, 0.15) is 22.8 Å². The molecule has 0 spiro atoms. The van der Waals surface area contributed by atoms with Crippen molar-refractivity contribution in [3.8, 4) is 11.5 Å². The van der Waals surface area contributed by atoms with E-state index < -0.39 is 0 Å². The zero-order valence-corrected chi connectivity index (χ0v) is 11.6. The van der Waals surface area contributed by atoms with Crippen molar-refractivity contribution in [2.24, 2.45) is 0 Å². The summed E-state index contributed by atoms with van der Waals surface area (Å²) in [5.74, 6) is 1.33. The summed E-state index contributed by atoms with van der Waals surface area (Å²) >= 11 is 0. The minimum Gasteiger partial charge on any atom is -0.497 e. The van der Waals surface area contributed by atoms with Gasteiger partial charge in [0.15, 0.2) is 5.78 Å². The van der Waals surface area contributed by atoms with Gasteiger partial charge in [0.1, 0.15) is 18.1 Å². The fourth-order valence-corrected chi connectivity index (χ4v) is 1.86. The highest BCUT2D eigenvalue weighted by Crippen LogP contribution is 2.22. The van der Waals surface area contributed by atoms with Crippen LogP contribution in [-0.2, 0) is 6.61 Å². The van der Waals surface area contributed by atoms with Crippen molar-refractivity contribution in [2.45, 2.75) is 13.5 Å². The number of hydrogen-bond acceptors (Lipinski definition) is 4. The van der Waals surface area contributed by atoms with Gasteiger partial charge in [-0.2, -0.15) is 0 Å². The SMILES string of the molecule is COc1cccc(COc2ccc(N)c(C(C)=O)c2)c1. The number of methoxy groups -OCH3 is 1. The van der Waals surface area contributed by atoms with E-state index in [9.17, 15) is 4.79 Å². The molecule has 0 saturated heterocycles. The van der Waals surface area contributed by atoms with Crippen molar-refractivity contribution in [1.29, 1.82) is 0 Å². The number of carbonyl (C=O) groups is 1. The van der Waals surface area contributed by atoms with Gasteiger partial charge in [-0.15, -0.1) is 0 Å². The Morgan fingerprint density at radius 2 is 1.95 bits per heavy atom. The van der Waals surface area contributed by atoms with Gasteiger partial charge in [0, 0.05) is 11.3 Å². The highest BCUT2D eigenvalue weighted by Gasteiger charge is 2.06. The van der Waals surface area contributed by atoms with Gasteiger partial charge in [0.05, 0.1) is 7.11 Å². The number of hydrogen-bond donors (Lipinski definition) is 1. The fraction of sp³-hybridized carbons (Fsp3) is 0.188.